The summed E-state index contributed by atoms with van der Waals surface area (Å²) in [5.74, 6) is -0.590. The number of piperazine rings is 1. The minimum absolute atomic E-state index is 0.289. The van der Waals surface area contributed by atoms with Crippen molar-refractivity contribution in [1.82, 2.24) is 9.80 Å². The summed E-state index contributed by atoms with van der Waals surface area (Å²) in [5, 5.41) is 10.9. The number of thiophene rings is 1. The third-order valence-corrected chi connectivity index (χ3v) is 6.10. The molecule has 2 aliphatic rings. The van der Waals surface area contributed by atoms with Crippen LogP contribution in [0.1, 0.15) is 17.4 Å². The van der Waals surface area contributed by atoms with Gasteiger partial charge in [0.15, 0.2) is 0 Å². The molecule has 2 amide bonds. The van der Waals surface area contributed by atoms with Gasteiger partial charge in [0, 0.05) is 31.1 Å². The Kier molecular flexibility index (Phi) is 4.99. The number of hydrogen-bond donors (Lipinski definition) is 0. The number of carbonyl (C=O) groups is 2. The van der Waals surface area contributed by atoms with E-state index in [-0.39, 0.29) is 11.8 Å². The van der Waals surface area contributed by atoms with Gasteiger partial charge in [0.25, 0.3) is 11.8 Å². The fourth-order valence-electron chi connectivity index (χ4n) is 3.66. The molecular weight excluding hydrogens is 372 g/mol. The first-order valence-corrected chi connectivity index (χ1v) is 10.2. The molecule has 0 aliphatic carbocycles. The van der Waals surface area contributed by atoms with Crippen LogP contribution in [-0.4, -0.2) is 54.3 Å². The molecular formula is C21H20N4O2S. The van der Waals surface area contributed by atoms with Gasteiger partial charge in [0.2, 0.25) is 0 Å². The van der Waals surface area contributed by atoms with Crippen LogP contribution in [0.2, 0.25) is 0 Å². The SMILES string of the molecule is CCN1CCN(C2=C(c3cccs3)C(=O)N(c3ccc(C#N)cc3)C2=O)CC1. The Labute approximate surface area is 167 Å². The molecule has 7 heteroatoms. The molecule has 0 bridgehead atoms. The molecule has 0 saturated carbocycles. The van der Waals surface area contributed by atoms with E-state index in [9.17, 15) is 9.59 Å². The summed E-state index contributed by atoms with van der Waals surface area (Å²) in [6, 6.07) is 12.4. The highest BCUT2D eigenvalue weighted by atomic mass is 32.1. The molecule has 0 N–H and O–H groups in total. The van der Waals surface area contributed by atoms with Crippen LogP contribution in [0.4, 0.5) is 5.69 Å². The van der Waals surface area contributed by atoms with Crippen LogP contribution in [0.5, 0.6) is 0 Å². The molecule has 1 aromatic heterocycles. The van der Waals surface area contributed by atoms with Gasteiger partial charge in [-0.25, -0.2) is 4.90 Å². The predicted octanol–water partition coefficient (Wildman–Crippen LogP) is 2.54. The number of hydrogen-bond acceptors (Lipinski definition) is 6. The van der Waals surface area contributed by atoms with E-state index in [0.29, 0.717) is 22.5 Å². The number of anilines is 1. The van der Waals surface area contributed by atoms with Gasteiger partial charge in [-0.05, 0) is 42.3 Å². The summed E-state index contributed by atoms with van der Waals surface area (Å²) < 4.78 is 0. The van der Waals surface area contributed by atoms with Crippen molar-refractivity contribution in [2.45, 2.75) is 6.92 Å². The van der Waals surface area contributed by atoms with Crippen molar-refractivity contribution in [3.05, 3.63) is 57.9 Å². The van der Waals surface area contributed by atoms with Gasteiger partial charge in [-0.1, -0.05) is 13.0 Å². The van der Waals surface area contributed by atoms with Gasteiger partial charge in [-0.15, -0.1) is 11.3 Å². The Morgan fingerprint density at radius 2 is 1.75 bits per heavy atom. The normalized spacial score (nSPS) is 18.1. The topological polar surface area (TPSA) is 67.7 Å². The lowest BCUT2D eigenvalue weighted by molar-refractivity contribution is -0.120. The molecule has 28 heavy (non-hydrogen) atoms. The monoisotopic (exact) mass is 392 g/mol. The molecule has 4 rings (SSSR count). The third kappa shape index (κ3) is 3.11. The van der Waals surface area contributed by atoms with Crippen molar-refractivity contribution >= 4 is 34.4 Å². The molecule has 0 atom stereocenters. The average molecular weight is 392 g/mol. The van der Waals surface area contributed by atoms with E-state index < -0.39 is 0 Å². The zero-order valence-electron chi connectivity index (χ0n) is 15.6. The quantitative estimate of drug-likeness (QED) is 0.748. The standard InChI is InChI=1S/C21H20N4O2S/c1-2-23-9-11-24(12-10-23)19-18(17-4-3-13-28-17)20(26)25(21(19)27)16-7-5-15(14-22)6-8-16/h3-8,13H,2,9-12H2,1H3. The molecule has 0 unspecified atom stereocenters. The highest BCUT2D eigenvalue weighted by Crippen LogP contribution is 2.36. The van der Waals surface area contributed by atoms with Crippen LogP contribution < -0.4 is 4.90 Å². The van der Waals surface area contributed by atoms with Crippen LogP contribution in [0.15, 0.2) is 47.5 Å². The molecule has 1 saturated heterocycles. The van der Waals surface area contributed by atoms with Crippen LogP contribution >= 0.6 is 11.3 Å². The Bertz CT molecular complexity index is 965. The number of nitrogens with zero attached hydrogens (tertiary/aromatic N) is 4. The van der Waals surface area contributed by atoms with E-state index in [1.807, 2.05) is 22.4 Å². The second kappa shape index (κ2) is 7.58. The molecule has 2 aliphatic heterocycles. The second-order valence-corrected chi connectivity index (χ2v) is 7.67. The van der Waals surface area contributed by atoms with Gasteiger partial charge in [-0.2, -0.15) is 5.26 Å². The maximum atomic E-state index is 13.4. The fourth-order valence-corrected chi connectivity index (χ4v) is 4.42. The number of imide groups is 1. The number of carbonyl (C=O) groups excluding carboxylic acids is 2. The summed E-state index contributed by atoms with van der Waals surface area (Å²) in [4.78, 5) is 33.1. The zero-order valence-corrected chi connectivity index (χ0v) is 16.4. The number of rotatable bonds is 4. The maximum absolute atomic E-state index is 13.4. The zero-order chi connectivity index (χ0) is 19.7. The first-order valence-electron chi connectivity index (χ1n) is 9.28. The number of amides is 2. The minimum Gasteiger partial charge on any atom is -0.364 e. The van der Waals surface area contributed by atoms with Gasteiger partial charge in [0.05, 0.1) is 22.9 Å². The van der Waals surface area contributed by atoms with Crippen LogP contribution in [-0.2, 0) is 9.59 Å². The molecule has 1 aromatic carbocycles. The molecule has 3 heterocycles. The van der Waals surface area contributed by atoms with E-state index >= 15 is 0 Å². The molecule has 6 nitrogen and oxygen atoms in total. The van der Waals surface area contributed by atoms with Crippen LogP contribution in [0, 0.1) is 11.3 Å². The summed E-state index contributed by atoms with van der Waals surface area (Å²) in [6.07, 6.45) is 0. The van der Waals surface area contributed by atoms with E-state index in [1.54, 1.807) is 24.3 Å². The number of benzene rings is 1. The van der Waals surface area contributed by atoms with Crippen molar-refractivity contribution < 1.29 is 9.59 Å². The number of likely N-dealkylation sites (N-methyl/N-ethyl adjacent to an activating group) is 1. The van der Waals surface area contributed by atoms with E-state index in [1.165, 1.54) is 16.2 Å². The first kappa shape index (κ1) is 18.4. The Morgan fingerprint density at radius 1 is 1.04 bits per heavy atom. The smallest absolute Gasteiger partial charge is 0.282 e. The van der Waals surface area contributed by atoms with Crippen molar-refractivity contribution in [3.8, 4) is 6.07 Å². The van der Waals surface area contributed by atoms with Gasteiger partial charge in [0.1, 0.15) is 5.70 Å². The van der Waals surface area contributed by atoms with Gasteiger partial charge < -0.3 is 9.80 Å². The van der Waals surface area contributed by atoms with Crippen LogP contribution in [0.25, 0.3) is 5.57 Å². The van der Waals surface area contributed by atoms with Gasteiger partial charge >= 0.3 is 0 Å². The summed E-state index contributed by atoms with van der Waals surface area (Å²) in [7, 11) is 0. The fraction of sp³-hybridized carbons (Fsp3) is 0.286. The Hall–Kier alpha value is -2.95. The first-order chi connectivity index (χ1) is 13.6. The van der Waals surface area contributed by atoms with Gasteiger partial charge in [-0.3, -0.25) is 9.59 Å². The Morgan fingerprint density at radius 3 is 2.32 bits per heavy atom. The molecule has 1 fully saturated rings. The number of nitriles is 1. The van der Waals surface area contributed by atoms with Crippen molar-refractivity contribution in [1.29, 1.82) is 5.26 Å². The maximum Gasteiger partial charge on any atom is 0.282 e. The van der Waals surface area contributed by atoms with E-state index in [4.69, 9.17) is 5.26 Å². The molecule has 0 radical (unpaired) electrons. The largest absolute Gasteiger partial charge is 0.364 e. The van der Waals surface area contributed by atoms with Crippen LogP contribution in [0.3, 0.4) is 0 Å². The third-order valence-electron chi connectivity index (χ3n) is 5.22. The molecule has 142 valence electrons. The lowest BCUT2D eigenvalue weighted by Gasteiger charge is -2.35. The molecule has 0 spiro atoms. The van der Waals surface area contributed by atoms with Crippen molar-refractivity contribution in [2.24, 2.45) is 0 Å². The second-order valence-electron chi connectivity index (χ2n) is 6.73. The minimum atomic E-state index is -0.301. The van der Waals surface area contributed by atoms with E-state index in [2.05, 4.69) is 17.9 Å². The highest BCUT2D eigenvalue weighted by Gasteiger charge is 2.43. The predicted molar refractivity (Wildman–Crippen MR) is 109 cm³/mol. The van der Waals surface area contributed by atoms with Crippen molar-refractivity contribution in [3.63, 3.8) is 0 Å². The summed E-state index contributed by atoms with van der Waals surface area (Å²) in [6.45, 7) is 6.29. The van der Waals surface area contributed by atoms with Crippen molar-refractivity contribution in [2.75, 3.05) is 37.6 Å². The highest BCUT2D eigenvalue weighted by molar-refractivity contribution is 7.11. The molecule has 2 aromatic rings. The Balaban J connectivity index is 1.73. The average Bonchev–Trinajstić information content (AvgIpc) is 3.34. The summed E-state index contributed by atoms with van der Waals surface area (Å²) >= 11 is 1.46. The lowest BCUT2D eigenvalue weighted by atomic mass is 10.1. The van der Waals surface area contributed by atoms with E-state index in [0.717, 1.165) is 37.6 Å². The summed E-state index contributed by atoms with van der Waals surface area (Å²) in [5.41, 5.74) is 1.96. The lowest BCUT2D eigenvalue weighted by Crippen LogP contribution is -2.47.